The third kappa shape index (κ3) is 4.72. The van der Waals surface area contributed by atoms with Crippen molar-refractivity contribution in [1.29, 1.82) is 0 Å². The van der Waals surface area contributed by atoms with E-state index in [4.69, 9.17) is 10.3 Å². The highest BCUT2D eigenvalue weighted by molar-refractivity contribution is 5.94. The predicted octanol–water partition coefficient (Wildman–Crippen LogP) is 5.31. The smallest absolute Gasteiger partial charge is 0.271 e. The summed E-state index contributed by atoms with van der Waals surface area (Å²) in [4.78, 5) is 23.3. The van der Waals surface area contributed by atoms with Crippen LogP contribution in [0.1, 0.15) is 59.0 Å². The van der Waals surface area contributed by atoms with Gasteiger partial charge in [0.1, 0.15) is 0 Å². The fourth-order valence-electron chi connectivity index (χ4n) is 4.65. The van der Waals surface area contributed by atoms with Crippen LogP contribution in [0, 0.1) is 0 Å². The lowest BCUT2D eigenvalue weighted by molar-refractivity contribution is 0.0983. The molecule has 1 saturated carbocycles. The van der Waals surface area contributed by atoms with Crippen molar-refractivity contribution in [2.24, 2.45) is 5.73 Å². The highest BCUT2D eigenvalue weighted by Crippen LogP contribution is 2.46. The van der Waals surface area contributed by atoms with Crippen LogP contribution in [-0.2, 0) is 16.6 Å². The van der Waals surface area contributed by atoms with Gasteiger partial charge in [0.25, 0.3) is 5.91 Å². The molecule has 1 aliphatic rings. The number of aromatic nitrogens is 1. The Kier molecular flexibility index (Phi) is 6.53. The second-order valence-corrected chi connectivity index (χ2v) is 9.37. The quantitative estimate of drug-likeness (QED) is 0.321. The van der Waals surface area contributed by atoms with Crippen LogP contribution in [0.2, 0.25) is 0 Å². The van der Waals surface area contributed by atoms with Crippen LogP contribution in [0.3, 0.4) is 0 Å². The average Bonchev–Trinajstić information content (AvgIpc) is 3.59. The summed E-state index contributed by atoms with van der Waals surface area (Å²) < 4.78 is 5.50. The Morgan fingerprint density at radius 3 is 2.17 bits per heavy atom. The van der Waals surface area contributed by atoms with Crippen molar-refractivity contribution in [3.8, 4) is 22.5 Å². The SMILES string of the molecule is NC(=O)c1noc(-c2ccc(-c3ccc(C4([C]=O)CC4)cc3)cc2)c1C(O)CCCc1ccccc1. The van der Waals surface area contributed by atoms with Crippen molar-refractivity contribution in [1.82, 2.24) is 5.16 Å². The molecular formula is C30H27N2O4. The molecule has 0 saturated heterocycles. The van der Waals surface area contributed by atoms with Gasteiger partial charge in [-0.2, -0.15) is 0 Å². The van der Waals surface area contributed by atoms with Crippen LogP contribution < -0.4 is 5.73 Å². The normalized spacial score (nSPS) is 14.8. The highest BCUT2D eigenvalue weighted by atomic mass is 16.5. The van der Waals surface area contributed by atoms with Crippen molar-refractivity contribution in [3.05, 3.63) is 101 Å². The molecule has 1 aliphatic carbocycles. The van der Waals surface area contributed by atoms with E-state index in [1.165, 1.54) is 5.56 Å². The molecule has 0 aliphatic heterocycles. The van der Waals surface area contributed by atoms with Crippen LogP contribution in [-0.4, -0.2) is 22.5 Å². The lowest BCUT2D eigenvalue weighted by Crippen LogP contribution is -2.15. The van der Waals surface area contributed by atoms with Crippen LogP contribution in [0.15, 0.2) is 83.4 Å². The zero-order valence-corrected chi connectivity index (χ0v) is 19.8. The Morgan fingerprint density at radius 2 is 1.58 bits per heavy atom. The molecule has 1 atom stereocenters. The topological polar surface area (TPSA) is 106 Å². The average molecular weight is 480 g/mol. The number of aliphatic hydroxyl groups excluding tert-OH is 1. The number of carbonyl (C=O) groups excluding carboxylic acids is 2. The summed E-state index contributed by atoms with van der Waals surface area (Å²) in [5, 5.41) is 14.8. The molecule has 0 spiro atoms. The molecule has 1 aromatic heterocycles. The Balaban J connectivity index is 1.34. The molecule has 1 heterocycles. The second-order valence-electron chi connectivity index (χ2n) is 9.37. The number of nitrogens with zero attached hydrogens (tertiary/aromatic N) is 1. The number of aryl methyl sites for hydroxylation is 1. The van der Waals surface area contributed by atoms with Gasteiger partial charge in [-0.15, -0.1) is 0 Å². The third-order valence-electron chi connectivity index (χ3n) is 6.94. The van der Waals surface area contributed by atoms with E-state index >= 15 is 0 Å². The standard InChI is InChI=1S/C30H27N2O4/c31-29(35)27-26(25(34)8-4-7-20-5-2-1-3-6-20)28(36-32-27)23-11-9-21(10-12-23)22-13-15-24(16-14-22)30(19-33)17-18-30/h1-3,5-6,9-16,25,34H,4,7-8,17-18H2,(H2,31,35). The summed E-state index contributed by atoms with van der Waals surface area (Å²) in [5.74, 6) is -0.394. The number of primary amides is 1. The monoisotopic (exact) mass is 479 g/mol. The van der Waals surface area contributed by atoms with Gasteiger partial charge in [0.15, 0.2) is 11.5 Å². The molecule has 3 N–H and O–H groups in total. The number of nitrogens with two attached hydrogens (primary N) is 1. The maximum Gasteiger partial charge on any atom is 0.271 e. The molecule has 6 nitrogen and oxygen atoms in total. The van der Waals surface area contributed by atoms with Gasteiger partial charge < -0.3 is 15.4 Å². The van der Waals surface area contributed by atoms with Crippen molar-refractivity contribution in [2.75, 3.05) is 0 Å². The van der Waals surface area contributed by atoms with Gasteiger partial charge >= 0.3 is 0 Å². The van der Waals surface area contributed by atoms with E-state index in [0.717, 1.165) is 42.4 Å². The lowest BCUT2D eigenvalue weighted by atomic mass is 9.94. The van der Waals surface area contributed by atoms with Gasteiger partial charge in [-0.3, -0.25) is 9.59 Å². The maximum absolute atomic E-state index is 12.0. The van der Waals surface area contributed by atoms with E-state index < -0.39 is 17.4 Å². The summed E-state index contributed by atoms with van der Waals surface area (Å²) >= 11 is 0. The molecular weight excluding hydrogens is 452 g/mol. The van der Waals surface area contributed by atoms with E-state index in [9.17, 15) is 14.7 Å². The lowest BCUT2D eigenvalue weighted by Gasteiger charge is -2.12. The van der Waals surface area contributed by atoms with Crippen LogP contribution in [0.25, 0.3) is 22.5 Å². The number of hydrogen-bond donors (Lipinski definition) is 2. The van der Waals surface area contributed by atoms with Crippen molar-refractivity contribution < 1.29 is 19.2 Å². The van der Waals surface area contributed by atoms with Crippen molar-refractivity contribution in [2.45, 2.75) is 43.6 Å². The molecule has 0 bridgehead atoms. The number of benzene rings is 3. The number of rotatable bonds is 10. The molecule has 36 heavy (non-hydrogen) atoms. The van der Waals surface area contributed by atoms with Crippen LogP contribution in [0.4, 0.5) is 0 Å². The van der Waals surface area contributed by atoms with Gasteiger partial charge in [0.2, 0.25) is 6.29 Å². The fourth-order valence-corrected chi connectivity index (χ4v) is 4.65. The number of amides is 1. The number of aliphatic hydroxyl groups is 1. The van der Waals surface area contributed by atoms with E-state index in [-0.39, 0.29) is 5.69 Å². The first-order valence-electron chi connectivity index (χ1n) is 12.1. The summed E-state index contributed by atoms with van der Waals surface area (Å²) in [5.41, 5.74) is 10.3. The van der Waals surface area contributed by atoms with E-state index in [0.29, 0.717) is 23.3 Å². The summed E-state index contributed by atoms with van der Waals surface area (Å²) in [6.45, 7) is 0. The molecule has 1 amide bonds. The van der Waals surface area contributed by atoms with Crippen molar-refractivity contribution >= 4 is 12.2 Å². The molecule has 3 aromatic carbocycles. The third-order valence-corrected chi connectivity index (χ3v) is 6.94. The molecule has 181 valence electrons. The molecule has 5 rings (SSSR count). The number of carbonyl (C=O) groups is 1. The first kappa shape index (κ1) is 23.7. The number of hydrogen-bond acceptors (Lipinski definition) is 5. The summed E-state index contributed by atoms with van der Waals surface area (Å²) in [6.07, 6.45) is 4.93. The Labute approximate surface area is 209 Å². The minimum atomic E-state index is -0.936. The zero-order valence-electron chi connectivity index (χ0n) is 19.8. The molecule has 1 radical (unpaired) electrons. The van der Waals surface area contributed by atoms with Crippen LogP contribution in [0.5, 0.6) is 0 Å². The Bertz CT molecular complexity index is 1350. The van der Waals surface area contributed by atoms with E-state index in [1.54, 1.807) is 0 Å². The highest BCUT2D eigenvalue weighted by Gasteiger charge is 2.45. The maximum atomic E-state index is 12.0. The molecule has 6 heteroatoms. The molecule has 1 unspecified atom stereocenters. The summed E-state index contributed by atoms with van der Waals surface area (Å²) in [6, 6.07) is 25.7. The first-order chi connectivity index (χ1) is 17.5. The Hall–Kier alpha value is -4.03. The fraction of sp³-hybridized carbons (Fsp3) is 0.233. The van der Waals surface area contributed by atoms with Crippen LogP contribution >= 0.6 is 0 Å². The first-order valence-corrected chi connectivity index (χ1v) is 12.1. The largest absolute Gasteiger partial charge is 0.388 e. The predicted molar refractivity (Wildman–Crippen MR) is 137 cm³/mol. The van der Waals surface area contributed by atoms with Gasteiger partial charge in [-0.1, -0.05) is 84.0 Å². The minimum absolute atomic E-state index is 0.0436. The van der Waals surface area contributed by atoms with Gasteiger partial charge in [0.05, 0.1) is 17.1 Å². The molecule has 1 fully saturated rings. The van der Waals surface area contributed by atoms with Gasteiger partial charge in [0, 0.05) is 5.56 Å². The molecule has 4 aromatic rings. The van der Waals surface area contributed by atoms with E-state index in [1.807, 2.05) is 78.9 Å². The van der Waals surface area contributed by atoms with Gasteiger partial charge in [-0.05, 0) is 54.4 Å². The minimum Gasteiger partial charge on any atom is -0.388 e. The van der Waals surface area contributed by atoms with E-state index in [2.05, 4.69) is 11.4 Å². The zero-order chi connectivity index (χ0) is 25.1. The summed E-state index contributed by atoms with van der Waals surface area (Å²) in [7, 11) is 0. The van der Waals surface area contributed by atoms with Crippen molar-refractivity contribution in [3.63, 3.8) is 0 Å². The Morgan fingerprint density at radius 1 is 0.972 bits per heavy atom. The second kappa shape index (κ2) is 9.91. The van der Waals surface area contributed by atoms with Gasteiger partial charge in [-0.25, -0.2) is 0 Å².